The zero-order valence-corrected chi connectivity index (χ0v) is 9.57. The van der Waals surface area contributed by atoms with Crippen LogP contribution in [0.4, 0.5) is 0 Å². The largest absolute Gasteiger partial charge is 0.395 e. The summed E-state index contributed by atoms with van der Waals surface area (Å²) in [5, 5.41) is 20.5. The molecule has 2 rings (SSSR count). The molecule has 92 valence electrons. The van der Waals surface area contributed by atoms with E-state index in [0.717, 1.165) is 5.56 Å². The summed E-state index contributed by atoms with van der Waals surface area (Å²) in [6, 6.07) is 9.42. The van der Waals surface area contributed by atoms with Crippen molar-refractivity contribution >= 4 is 0 Å². The van der Waals surface area contributed by atoms with E-state index in [9.17, 15) is 10.2 Å². The Morgan fingerprint density at radius 2 is 2.06 bits per heavy atom. The van der Waals surface area contributed by atoms with Gasteiger partial charge in [0.25, 0.3) is 0 Å². The molecule has 2 atom stereocenters. The third-order valence-corrected chi connectivity index (χ3v) is 2.81. The van der Waals surface area contributed by atoms with Gasteiger partial charge >= 0.3 is 0 Å². The lowest BCUT2D eigenvalue weighted by molar-refractivity contribution is -0.214. The van der Waals surface area contributed by atoms with Gasteiger partial charge in [0.1, 0.15) is 0 Å². The Labute approximate surface area is 101 Å². The van der Waals surface area contributed by atoms with Crippen LogP contribution in [0.5, 0.6) is 0 Å². The lowest BCUT2D eigenvalue weighted by Gasteiger charge is -2.33. The molecule has 0 saturated carbocycles. The summed E-state index contributed by atoms with van der Waals surface area (Å²) in [6.45, 7) is 0.896. The molecule has 0 aromatic heterocycles. The highest BCUT2D eigenvalue weighted by Crippen LogP contribution is 2.14. The Morgan fingerprint density at radius 1 is 1.29 bits per heavy atom. The molecule has 0 amide bonds. The van der Waals surface area contributed by atoms with E-state index in [2.05, 4.69) is 0 Å². The maximum absolute atomic E-state index is 9.67. The van der Waals surface area contributed by atoms with Crippen molar-refractivity contribution < 1.29 is 15.1 Å². The first-order valence-corrected chi connectivity index (χ1v) is 5.70. The monoisotopic (exact) mass is 235 g/mol. The molecule has 1 heterocycles. The van der Waals surface area contributed by atoms with E-state index < -0.39 is 6.10 Å². The quantitative estimate of drug-likeness (QED) is 0.755. The van der Waals surface area contributed by atoms with Crippen LogP contribution in [0.15, 0.2) is 42.5 Å². The summed E-state index contributed by atoms with van der Waals surface area (Å²) in [4.78, 5) is 5.60. The zero-order chi connectivity index (χ0) is 12.1. The van der Waals surface area contributed by atoms with E-state index in [1.54, 1.807) is 11.1 Å². The van der Waals surface area contributed by atoms with Crippen LogP contribution in [0.2, 0.25) is 0 Å². The topological polar surface area (TPSA) is 52.9 Å². The molecule has 0 bridgehead atoms. The molecule has 4 heteroatoms. The van der Waals surface area contributed by atoms with E-state index in [0.29, 0.717) is 13.2 Å². The summed E-state index contributed by atoms with van der Waals surface area (Å²) >= 11 is 0. The van der Waals surface area contributed by atoms with Crippen molar-refractivity contribution in [3.05, 3.63) is 48.0 Å². The SMILES string of the molecule is OC[C@H]1[C@@H](O)C=CCN1OCc1ccccc1. The molecule has 0 spiro atoms. The van der Waals surface area contributed by atoms with E-state index in [-0.39, 0.29) is 12.6 Å². The molecular formula is C13H17NO3. The van der Waals surface area contributed by atoms with E-state index >= 15 is 0 Å². The first-order valence-electron chi connectivity index (χ1n) is 5.70. The second kappa shape index (κ2) is 5.93. The number of aliphatic hydroxyl groups excluding tert-OH is 2. The lowest BCUT2D eigenvalue weighted by atomic mass is 10.1. The van der Waals surface area contributed by atoms with Crippen molar-refractivity contribution in [1.29, 1.82) is 0 Å². The van der Waals surface area contributed by atoms with Gasteiger partial charge in [0.05, 0.1) is 25.4 Å². The molecule has 4 nitrogen and oxygen atoms in total. The minimum Gasteiger partial charge on any atom is -0.395 e. The number of benzene rings is 1. The summed E-state index contributed by atoms with van der Waals surface area (Å²) in [5.41, 5.74) is 1.06. The van der Waals surface area contributed by atoms with Gasteiger partial charge in [-0.05, 0) is 5.56 Å². The number of hydrogen-bond donors (Lipinski definition) is 2. The van der Waals surface area contributed by atoms with Crippen LogP contribution in [0, 0.1) is 0 Å². The summed E-state index contributed by atoms with van der Waals surface area (Å²) in [7, 11) is 0. The molecule has 1 aliphatic heterocycles. The highest BCUT2D eigenvalue weighted by molar-refractivity contribution is 5.13. The Balaban J connectivity index is 1.92. The molecule has 0 radical (unpaired) electrons. The molecule has 0 fully saturated rings. The first-order chi connectivity index (χ1) is 8.31. The van der Waals surface area contributed by atoms with Crippen molar-refractivity contribution in [3.63, 3.8) is 0 Å². The third-order valence-electron chi connectivity index (χ3n) is 2.81. The highest BCUT2D eigenvalue weighted by Gasteiger charge is 2.27. The van der Waals surface area contributed by atoms with Crippen molar-refractivity contribution in [1.82, 2.24) is 5.06 Å². The van der Waals surface area contributed by atoms with Crippen LogP contribution in [0.3, 0.4) is 0 Å². The smallest absolute Gasteiger partial charge is 0.0936 e. The fourth-order valence-corrected chi connectivity index (χ4v) is 1.82. The van der Waals surface area contributed by atoms with E-state index in [4.69, 9.17) is 4.84 Å². The highest BCUT2D eigenvalue weighted by atomic mass is 16.7. The zero-order valence-electron chi connectivity index (χ0n) is 9.57. The number of aliphatic hydroxyl groups is 2. The molecule has 0 aliphatic carbocycles. The molecule has 0 unspecified atom stereocenters. The van der Waals surface area contributed by atoms with Gasteiger partial charge in [-0.3, -0.25) is 4.84 Å². The van der Waals surface area contributed by atoms with Crippen molar-refractivity contribution in [2.45, 2.75) is 18.8 Å². The van der Waals surface area contributed by atoms with Crippen LogP contribution in [-0.4, -0.2) is 40.6 Å². The van der Waals surface area contributed by atoms with Crippen LogP contribution in [0.25, 0.3) is 0 Å². The lowest BCUT2D eigenvalue weighted by Crippen LogP contribution is -2.47. The second-order valence-electron chi connectivity index (χ2n) is 4.03. The molecule has 1 aromatic rings. The summed E-state index contributed by atoms with van der Waals surface area (Å²) < 4.78 is 0. The Kier molecular flexibility index (Phi) is 4.28. The van der Waals surface area contributed by atoms with Gasteiger partial charge in [0, 0.05) is 6.54 Å². The predicted octanol–water partition coefficient (Wildman–Crippen LogP) is 0.712. The van der Waals surface area contributed by atoms with Gasteiger partial charge in [-0.2, -0.15) is 5.06 Å². The minimum atomic E-state index is -0.676. The third kappa shape index (κ3) is 3.14. The standard InChI is InChI=1S/C13H17NO3/c15-9-12-13(16)7-4-8-14(12)17-10-11-5-2-1-3-6-11/h1-7,12-13,15-16H,8-10H2/t12-,13-/m0/s1. The van der Waals surface area contributed by atoms with E-state index in [1.807, 2.05) is 36.4 Å². The predicted molar refractivity (Wildman–Crippen MR) is 64.0 cm³/mol. The average Bonchev–Trinajstić information content (AvgIpc) is 2.37. The summed E-state index contributed by atoms with van der Waals surface area (Å²) in [5.74, 6) is 0. The normalized spacial score (nSPS) is 25.1. The van der Waals surface area contributed by atoms with Crippen molar-refractivity contribution in [2.24, 2.45) is 0 Å². The molecule has 1 aromatic carbocycles. The fourth-order valence-electron chi connectivity index (χ4n) is 1.82. The summed E-state index contributed by atoms with van der Waals surface area (Å²) in [6.07, 6.45) is 2.84. The average molecular weight is 235 g/mol. The van der Waals surface area contributed by atoms with Gasteiger partial charge in [0.2, 0.25) is 0 Å². The van der Waals surface area contributed by atoms with Gasteiger partial charge in [0.15, 0.2) is 0 Å². The minimum absolute atomic E-state index is 0.125. The number of nitrogens with zero attached hydrogens (tertiary/aromatic N) is 1. The maximum Gasteiger partial charge on any atom is 0.0936 e. The number of rotatable bonds is 4. The Bertz CT molecular complexity index is 366. The van der Waals surface area contributed by atoms with Crippen molar-refractivity contribution in [2.75, 3.05) is 13.2 Å². The molecule has 17 heavy (non-hydrogen) atoms. The Hall–Kier alpha value is -1.20. The fraction of sp³-hybridized carbons (Fsp3) is 0.385. The molecule has 0 saturated heterocycles. The maximum atomic E-state index is 9.67. The number of hydroxylamine groups is 2. The van der Waals surface area contributed by atoms with Gasteiger partial charge < -0.3 is 10.2 Å². The molecule has 1 aliphatic rings. The van der Waals surface area contributed by atoms with Crippen LogP contribution < -0.4 is 0 Å². The Morgan fingerprint density at radius 3 is 2.76 bits per heavy atom. The van der Waals surface area contributed by atoms with E-state index in [1.165, 1.54) is 0 Å². The van der Waals surface area contributed by atoms with Gasteiger partial charge in [-0.1, -0.05) is 42.5 Å². The first kappa shape index (κ1) is 12.3. The second-order valence-corrected chi connectivity index (χ2v) is 4.03. The van der Waals surface area contributed by atoms with Crippen molar-refractivity contribution in [3.8, 4) is 0 Å². The van der Waals surface area contributed by atoms with Gasteiger partial charge in [-0.15, -0.1) is 0 Å². The van der Waals surface area contributed by atoms with Crippen LogP contribution in [0.1, 0.15) is 5.56 Å². The number of hydrogen-bond acceptors (Lipinski definition) is 4. The van der Waals surface area contributed by atoms with Gasteiger partial charge in [-0.25, -0.2) is 0 Å². The van der Waals surface area contributed by atoms with Crippen LogP contribution >= 0.6 is 0 Å². The molecule has 2 N–H and O–H groups in total. The van der Waals surface area contributed by atoms with Crippen LogP contribution in [-0.2, 0) is 11.4 Å². The molecular weight excluding hydrogens is 218 g/mol.